The lowest BCUT2D eigenvalue weighted by Gasteiger charge is -2.19. The maximum Gasteiger partial charge on any atom is 0.170 e. The molecule has 1 fully saturated rings. The van der Waals surface area contributed by atoms with Crippen molar-refractivity contribution in [1.29, 1.82) is 0 Å². The highest BCUT2D eigenvalue weighted by molar-refractivity contribution is 5.97. The molecule has 19 heavy (non-hydrogen) atoms. The van der Waals surface area contributed by atoms with Gasteiger partial charge in [0.1, 0.15) is 5.75 Å². The summed E-state index contributed by atoms with van der Waals surface area (Å²) in [6.07, 6.45) is 3.61. The fourth-order valence-corrected chi connectivity index (χ4v) is 2.44. The topological polar surface area (TPSA) is 71.1 Å². The highest BCUT2D eigenvalue weighted by atomic mass is 16.5. The summed E-state index contributed by atoms with van der Waals surface area (Å²) < 4.78 is 5.71. The third-order valence-electron chi connectivity index (χ3n) is 3.65. The Morgan fingerprint density at radius 1 is 1.47 bits per heavy atom. The van der Waals surface area contributed by atoms with Crippen molar-refractivity contribution in [3.05, 3.63) is 29.8 Å². The van der Waals surface area contributed by atoms with Crippen LogP contribution in [0.1, 0.15) is 24.8 Å². The molecule has 1 aliphatic rings. The van der Waals surface area contributed by atoms with Crippen LogP contribution in [0.2, 0.25) is 0 Å². The predicted molar refractivity (Wildman–Crippen MR) is 74.7 cm³/mol. The molecule has 3 N–H and O–H groups in total. The second-order valence-corrected chi connectivity index (χ2v) is 4.92. The molecular weight excluding hydrogens is 242 g/mol. The fourth-order valence-electron chi connectivity index (χ4n) is 2.44. The maximum atomic E-state index is 8.57. The van der Waals surface area contributed by atoms with Crippen LogP contribution in [0, 0.1) is 0 Å². The van der Waals surface area contributed by atoms with Crippen LogP contribution in [0.15, 0.2) is 29.4 Å². The minimum Gasteiger partial charge on any atom is -0.494 e. The third-order valence-corrected chi connectivity index (χ3v) is 3.65. The number of nitrogens with two attached hydrogens (primary N) is 1. The number of hydrogen-bond donors (Lipinski definition) is 2. The van der Waals surface area contributed by atoms with Crippen molar-refractivity contribution >= 4 is 5.84 Å². The molecule has 0 radical (unpaired) electrons. The van der Waals surface area contributed by atoms with E-state index in [-0.39, 0.29) is 5.84 Å². The molecule has 104 valence electrons. The number of amidine groups is 1. The van der Waals surface area contributed by atoms with Gasteiger partial charge in [0.2, 0.25) is 0 Å². The molecule has 5 heteroatoms. The molecule has 1 saturated heterocycles. The lowest BCUT2D eigenvalue weighted by atomic mass is 10.1. The molecule has 5 nitrogen and oxygen atoms in total. The average Bonchev–Trinajstić information content (AvgIpc) is 2.84. The van der Waals surface area contributed by atoms with Crippen LogP contribution in [0.4, 0.5) is 0 Å². The number of ether oxygens (including phenoxy) is 1. The summed E-state index contributed by atoms with van der Waals surface area (Å²) in [5.41, 5.74) is 6.18. The minimum absolute atomic E-state index is 0.110. The standard InChI is InChI=1S/C14H21N3O2/c1-17-9-2-3-12(17)8-10-19-13-6-4-11(5-7-13)14(15)16-18/h4-7,12,18H,2-3,8-10H2,1H3,(H2,15,16). The van der Waals surface area contributed by atoms with Gasteiger partial charge in [-0.2, -0.15) is 0 Å². The van der Waals surface area contributed by atoms with Crippen LogP contribution >= 0.6 is 0 Å². The number of oxime groups is 1. The Labute approximate surface area is 113 Å². The predicted octanol–water partition coefficient (Wildman–Crippen LogP) is 1.64. The molecule has 1 aliphatic heterocycles. The van der Waals surface area contributed by atoms with Gasteiger partial charge in [-0.1, -0.05) is 5.16 Å². The molecule has 1 heterocycles. The van der Waals surface area contributed by atoms with Crippen molar-refractivity contribution in [2.75, 3.05) is 20.2 Å². The molecular formula is C14H21N3O2. The van der Waals surface area contributed by atoms with Crippen LogP contribution in [-0.2, 0) is 0 Å². The van der Waals surface area contributed by atoms with E-state index in [4.69, 9.17) is 15.7 Å². The largest absolute Gasteiger partial charge is 0.494 e. The normalized spacial score (nSPS) is 20.7. The quantitative estimate of drug-likeness (QED) is 0.367. The van der Waals surface area contributed by atoms with Gasteiger partial charge in [-0.05, 0) is 57.1 Å². The Morgan fingerprint density at radius 2 is 2.21 bits per heavy atom. The number of hydrogen-bond acceptors (Lipinski definition) is 4. The third kappa shape index (κ3) is 3.61. The van der Waals surface area contributed by atoms with E-state index in [1.54, 1.807) is 12.1 Å². The summed E-state index contributed by atoms with van der Waals surface area (Å²) in [5.74, 6) is 0.925. The summed E-state index contributed by atoms with van der Waals surface area (Å²) >= 11 is 0. The molecule has 0 saturated carbocycles. The van der Waals surface area contributed by atoms with Gasteiger partial charge in [0.05, 0.1) is 6.61 Å². The van der Waals surface area contributed by atoms with Crippen LogP contribution in [0.3, 0.4) is 0 Å². The van der Waals surface area contributed by atoms with Gasteiger partial charge in [-0.3, -0.25) is 0 Å². The Hall–Kier alpha value is -1.75. The highest BCUT2D eigenvalue weighted by Crippen LogP contribution is 2.19. The first-order chi connectivity index (χ1) is 9.20. The average molecular weight is 263 g/mol. The van der Waals surface area contributed by atoms with Gasteiger partial charge < -0.3 is 20.6 Å². The van der Waals surface area contributed by atoms with E-state index in [2.05, 4.69) is 17.1 Å². The molecule has 1 unspecified atom stereocenters. The molecule has 0 aromatic heterocycles. The lowest BCUT2D eigenvalue weighted by Crippen LogP contribution is -2.26. The second kappa shape index (κ2) is 6.43. The van der Waals surface area contributed by atoms with Gasteiger partial charge in [0, 0.05) is 11.6 Å². The van der Waals surface area contributed by atoms with Crippen LogP contribution in [0.25, 0.3) is 0 Å². The number of benzene rings is 1. The molecule has 0 amide bonds. The number of likely N-dealkylation sites (tertiary alicyclic amines) is 1. The Bertz CT molecular complexity index is 431. The zero-order valence-corrected chi connectivity index (χ0v) is 11.2. The van der Waals surface area contributed by atoms with Crippen molar-refractivity contribution in [2.45, 2.75) is 25.3 Å². The van der Waals surface area contributed by atoms with Crippen molar-refractivity contribution < 1.29 is 9.94 Å². The second-order valence-electron chi connectivity index (χ2n) is 4.92. The van der Waals surface area contributed by atoms with Gasteiger partial charge in [-0.25, -0.2) is 0 Å². The summed E-state index contributed by atoms with van der Waals surface area (Å²) in [6.45, 7) is 1.91. The summed E-state index contributed by atoms with van der Waals surface area (Å²) in [4.78, 5) is 2.39. The molecule has 1 aromatic carbocycles. The van der Waals surface area contributed by atoms with Gasteiger partial charge >= 0.3 is 0 Å². The van der Waals surface area contributed by atoms with Crippen LogP contribution in [-0.4, -0.2) is 42.2 Å². The van der Waals surface area contributed by atoms with Crippen molar-refractivity contribution in [2.24, 2.45) is 10.9 Å². The zero-order valence-electron chi connectivity index (χ0n) is 11.2. The van der Waals surface area contributed by atoms with E-state index in [1.165, 1.54) is 19.4 Å². The van der Waals surface area contributed by atoms with E-state index in [0.29, 0.717) is 11.6 Å². The Morgan fingerprint density at radius 3 is 2.79 bits per heavy atom. The number of rotatable bonds is 5. The van der Waals surface area contributed by atoms with Gasteiger partial charge in [0.15, 0.2) is 5.84 Å². The first kappa shape index (κ1) is 13.7. The first-order valence-electron chi connectivity index (χ1n) is 6.61. The fraction of sp³-hybridized carbons (Fsp3) is 0.500. The summed E-state index contributed by atoms with van der Waals surface area (Å²) in [6, 6.07) is 7.90. The van der Waals surface area contributed by atoms with Gasteiger partial charge in [-0.15, -0.1) is 0 Å². The van der Waals surface area contributed by atoms with E-state index >= 15 is 0 Å². The summed E-state index contributed by atoms with van der Waals surface area (Å²) in [7, 11) is 2.17. The Kier molecular flexibility index (Phi) is 4.63. The molecule has 1 aromatic rings. The summed E-state index contributed by atoms with van der Waals surface area (Å²) in [5, 5.41) is 11.5. The van der Waals surface area contributed by atoms with E-state index in [0.717, 1.165) is 18.8 Å². The monoisotopic (exact) mass is 263 g/mol. The first-order valence-corrected chi connectivity index (χ1v) is 6.61. The molecule has 0 bridgehead atoms. The molecule has 0 spiro atoms. The Balaban J connectivity index is 1.80. The van der Waals surface area contributed by atoms with Crippen molar-refractivity contribution in [1.82, 2.24) is 4.90 Å². The maximum absolute atomic E-state index is 8.57. The lowest BCUT2D eigenvalue weighted by molar-refractivity contribution is 0.233. The molecule has 1 atom stereocenters. The minimum atomic E-state index is 0.110. The molecule has 2 rings (SSSR count). The van der Waals surface area contributed by atoms with E-state index in [9.17, 15) is 0 Å². The zero-order chi connectivity index (χ0) is 13.7. The number of nitrogens with zero attached hydrogens (tertiary/aromatic N) is 2. The van der Waals surface area contributed by atoms with Gasteiger partial charge in [0.25, 0.3) is 0 Å². The highest BCUT2D eigenvalue weighted by Gasteiger charge is 2.20. The smallest absolute Gasteiger partial charge is 0.170 e. The van der Waals surface area contributed by atoms with E-state index < -0.39 is 0 Å². The van der Waals surface area contributed by atoms with Crippen molar-refractivity contribution in [3.8, 4) is 5.75 Å². The van der Waals surface area contributed by atoms with E-state index in [1.807, 2.05) is 12.1 Å². The molecule has 0 aliphatic carbocycles. The SMILES string of the molecule is CN1CCCC1CCOc1ccc(/C(N)=N/O)cc1. The van der Waals surface area contributed by atoms with Crippen LogP contribution in [0.5, 0.6) is 5.75 Å². The van der Waals surface area contributed by atoms with Crippen molar-refractivity contribution in [3.63, 3.8) is 0 Å². The van der Waals surface area contributed by atoms with Crippen LogP contribution < -0.4 is 10.5 Å².